The van der Waals surface area contributed by atoms with Gasteiger partial charge in [-0.1, -0.05) is 31.2 Å². The molecule has 1 heterocycles. The van der Waals surface area contributed by atoms with E-state index in [0.717, 1.165) is 12.0 Å². The zero-order chi connectivity index (χ0) is 9.97. The van der Waals surface area contributed by atoms with Crippen LogP contribution in [0.2, 0.25) is 0 Å². The number of ether oxygens (including phenoxy) is 1. The molecule has 1 aliphatic heterocycles. The van der Waals surface area contributed by atoms with Crippen molar-refractivity contribution in [3.05, 3.63) is 35.4 Å². The molecule has 0 spiro atoms. The second-order valence-corrected chi connectivity index (χ2v) is 3.39. The number of hydrogen-bond acceptors (Lipinski definition) is 2. The summed E-state index contributed by atoms with van der Waals surface area (Å²) >= 11 is 0. The second kappa shape index (κ2) is 5.03. The van der Waals surface area contributed by atoms with E-state index in [-0.39, 0.29) is 24.5 Å². The minimum atomic E-state index is -0.324. The van der Waals surface area contributed by atoms with Crippen molar-refractivity contribution in [2.24, 2.45) is 0 Å². The van der Waals surface area contributed by atoms with Gasteiger partial charge in [0.05, 0.1) is 6.04 Å². The van der Waals surface area contributed by atoms with Gasteiger partial charge in [0.15, 0.2) is 0 Å². The average Bonchev–Trinajstić information content (AvgIpc) is 2.65. The van der Waals surface area contributed by atoms with E-state index in [2.05, 4.69) is 24.4 Å². The molecule has 1 aromatic carbocycles. The number of carbonyl (C=O) groups is 1. The minimum Gasteiger partial charge on any atom is -0.447 e. The van der Waals surface area contributed by atoms with Gasteiger partial charge in [-0.2, -0.15) is 0 Å². The average molecular weight is 228 g/mol. The molecule has 0 aromatic heterocycles. The van der Waals surface area contributed by atoms with E-state index < -0.39 is 0 Å². The van der Waals surface area contributed by atoms with Gasteiger partial charge >= 0.3 is 6.09 Å². The van der Waals surface area contributed by atoms with E-state index in [9.17, 15) is 4.79 Å². The van der Waals surface area contributed by atoms with E-state index in [1.54, 1.807) is 0 Å². The van der Waals surface area contributed by atoms with Crippen molar-refractivity contribution >= 4 is 18.5 Å². The highest BCUT2D eigenvalue weighted by atomic mass is 35.5. The fourth-order valence-corrected chi connectivity index (χ4v) is 1.55. The highest BCUT2D eigenvalue weighted by molar-refractivity contribution is 5.85. The highest BCUT2D eigenvalue weighted by Crippen LogP contribution is 2.18. The molecule has 0 bridgehead atoms. The fourth-order valence-electron chi connectivity index (χ4n) is 1.55. The van der Waals surface area contributed by atoms with Gasteiger partial charge in [0.1, 0.15) is 6.61 Å². The predicted molar refractivity (Wildman–Crippen MR) is 60.3 cm³/mol. The highest BCUT2D eigenvalue weighted by Gasteiger charge is 2.23. The van der Waals surface area contributed by atoms with Crippen molar-refractivity contribution in [3.8, 4) is 0 Å². The molecule has 1 N–H and O–H groups in total. The van der Waals surface area contributed by atoms with Gasteiger partial charge in [-0.15, -0.1) is 12.4 Å². The van der Waals surface area contributed by atoms with Crippen LogP contribution in [0.15, 0.2) is 24.3 Å². The first-order valence-electron chi connectivity index (χ1n) is 4.81. The van der Waals surface area contributed by atoms with Crippen LogP contribution in [0.3, 0.4) is 0 Å². The maximum Gasteiger partial charge on any atom is 0.407 e. The smallest absolute Gasteiger partial charge is 0.407 e. The summed E-state index contributed by atoms with van der Waals surface area (Å²) in [4.78, 5) is 10.8. The molecule has 1 saturated heterocycles. The molecular formula is C11H14ClNO2. The summed E-state index contributed by atoms with van der Waals surface area (Å²) in [5.74, 6) is 0. The molecule has 1 amide bonds. The van der Waals surface area contributed by atoms with Crippen molar-refractivity contribution < 1.29 is 9.53 Å². The number of rotatable bonds is 2. The summed E-state index contributed by atoms with van der Waals surface area (Å²) in [5, 5.41) is 2.75. The second-order valence-electron chi connectivity index (χ2n) is 3.39. The van der Waals surface area contributed by atoms with Crippen molar-refractivity contribution in [1.82, 2.24) is 5.32 Å². The molecule has 82 valence electrons. The minimum absolute atomic E-state index is 0. The summed E-state index contributed by atoms with van der Waals surface area (Å²) in [6.07, 6.45) is 0.711. The first-order chi connectivity index (χ1) is 6.79. The molecule has 0 aliphatic carbocycles. The molecule has 15 heavy (non-hydrogen) atoms. The van der Waals surface area contributed by atoms with Crippen LogP contribution in [0.1, 0.15) is 24.1 Å². The maximum atomic E-state index is 10.8. The van der Waals surface area contributed by atoms with E-state index in [1.807, 2.05) is 12.1 Å². The Bertz CT molecular complexity index is 337. The number of nitrogens with one attached hydrogen (secondary N) is 1. The van der Waals surface area contributed by atoms with Crippen LogP contribution in [-0.2, 0) is 11.2 Å². The Morgan fingerprint density at radius 3 is 2.53 bits per heavy atom. The summed E-state index contributed by atoms with van der Waals surface area (Å²) in [7, 11) is 0. The van der Waals surface area contributed by atoms with Crippen molar-refractivity contribution in [1.29, 1.82) is 0 Å². The number of benzene rings is 1. The van der Waals surface area contributed by atoms with E-state index in [1.165, 1.54) is 5.56 Å². The quantitative estimate of drug-likeness (QED) is 0.843. The molecule has 0 radical (unpaired) electrons. The monoisotopic (exact) mass is 227 g/mol. The molecule has 1 aliphatic rings. The van der Waals surface area contributed by atoms with Crippen molar-refractivity contribution in [3.63, 3.8) is 0 Å². The number of carbonyl (C=O) groups excluding carboxylic acids is 1. The summed E-state index contributed by atoms with van der Waals surface area (Å²) in [6.45, 7) is 2.56. The van der Waals surface area contributed by atoms with E-state index in [0.29, 0.717) is 6.61 Å². The van der Waals surface area contributed by atoms with Crippen LogP contribution < -0.4 is 5.32 Å². The molecule has 3 nitrogen and oxygen atoms in total. The third-order valence-electron chi connectivity index (χ3n) is 2.46. The zero-order valence-electron chi connectivity index (χ0n) is 8.53. The van der Waals surface area contributed by atoms with Gasteiger partial charge in [0, 0.05) is 0 Å². The number of cyclic esters (lactones) is 1. The molecule has 0 saturated carbocycles. The van der Waals surface area contributed by atoms with E-state index >= 15 is 0 Å². The largest absolute Gasteiger partial charge is 0.447 e. The van der Waals surface area contributed by atoms with Crippen LogP contribution in [0.25, 0.3) is 0 Å². The van der Waals surface area contributed by atoms with Gasteiger partial charge in [-0.05, 0) is 17.5 Å². The third-order valence-corrected chi connectivity index (χ3v) is 2.46. The van der Waals surface area contributed by atoms with Crippen LogP contribution in [0, 0.1) is 0 Å². The Labute approximate surface area is 95.2 Å². The Balaban J connectivity index is 0.00000112. The molecular weight excluding hydrogens is 214 g/mol. The van der Waals surface area contributed by atoms with Crippen LogP contribution >= 0.6 is 12.4 Å². The van der Waals surface area contributed by atoms with Crippen LogP contribution in [0.4, 0.5) is 4.79 Å². The summed E-state index contributed by atoms with van der Waals surface area (Å²) in [5.41, 5.74) is 2.41. The lowest BCUT2D eigenvalue weighted by molar-refractivity contribution is 0.177. The summed E-state index contributed by atoms with van der Waals surface area (Å²) in [6, 6.07) is 8.27. The van der Waals surface area contributed by atoms with Crippen LogP contribution in [-0.4, -0.2) is 12.7 Å². The molecule has 1 fully saturated rings. The standard InChI is InChI=1S/C11H13NO2.ClH/c1-2-8-3-5-9(6-4-8)10-7-14-11(13)12-10;/h3-6,10H,2,7H2,1H3,(H,12,13);1H/t10-;/m1./s1. The number of amides is 1. The van der Waals surface area contributed by atoms with Crippen molar-refractivity contribution in [2.45, 2.75) is 19.4 Å². The van der Waals surface area contributed by atoms with Gasteiger partial charge < -0.3 is 10.1 Å². The lowest BCUT2D eigenvalue weighted by atomic mass is 10.1. The Hall–Kier alpha value is -1.22. The Morgan fingerprint density at radius 2 is 2.07 bits per heavy atom. The van der Waals surface area contributed by atoms with Gasteiger partial charge in [-0.25, -0.2) is 4.79 Å². The molecule has 2 rings (SSSR count). The molecule has 1 atom stereocenters. The van der Waals surface area contributed by atoms with Gasteiger partial charge in [0.2, 0.25) is 0 Å². The number of alkyl carbamates (subject to hydrolysis) is 1. The Morgan fingerprint density at radius 1 is 1.40 bits per heavy atom. The topological polar surface area (TPSA) is 38.3 Å². The number of hydrogen-bond donors (Lipinski definition) is 1. The lowest BCUT2D eigenvalue weighted by Crippen LogP contribution is -2.18. The fraction of sp³-hybridized carbons (Fsp3) is 0.364. The number of aryl methyl sites for hydroxylation is 1. The normalized spacial score (nSPS) is 19.0. The molecule has 4 heteroatoms. The molecule has 1 aromatic rings. The first-order valence-corrected chi connectivity index (χ1v) is 4.81. The lowest BCUT2D eigenvalue weighted by Gasteiger charge is -2.07. The Kier molecular flexibility index (Phi) is 3.97. The SMILES string of the molecule is CCc1ccc([C@H]2COC(=O)N2)cc1.Cl. The number of halogens is 1. The molecule has 0 unspecified atom stereocenters. The van der Waals surface area contributed by atoms with Crippen LogP contribution in [0.5, 0.6) is 0 Å². The third kappa shape index (κ3) is 2.63. The summed E-state index contributed by atoms with van der Waals surface area (Å²) < 4.78 is 4.83. The maximum absolute atomic E-state index is 10.8. The first kappa shape index (κ1) is 11.9. The predicted octanol–water partition coefficient (Wildman–Crippen LogP) is 2.45. The van der Waals surface area contributed by atoms with Gasteiger partial charge in [-0.3, -0.25) is 0 Å². The van der Waals surface area contributed by atoms with E-state index in [4.69, 9.17) is 4.74 Å². The zero-order valence-corrected chi connectivity index (χ0v) is 9.34. The van der Waals surface area contributed by atoms with Crippen molar-refractivity contribution in [2.75, 3.05) is 6.61 Å². The van der Waals surface area contributed by atoms with Gasteiger partial charge in [0.25, 0.3) is 0 Å².